The molecule has 5 nitrogen and oxygen atoms in total. The van der Waals surface area contributed by atoms with Crippen molar-refractivity contribution in [1.82, 2.24) is 15.5 Å². The third-order valence-corrected chi connectivity index (χ3v) is 5.83. The van der Waals surface area contributed by atoms with Crippen molar-refractivity contribution < 1.29 is 18.0 Å². The van der Waals surface area contributed by atoms with Crippen LogP contribution < -0.4 is 10.6 Å². The van der Waals surface area contributed by atoms with Gasteiger partial charge in [-0.15, -0.1) is 0 Å². The summed E-state index contributed by atoms with van der Waals surface area (Å²) in [4.78, 5) is 18.8. The molecule has 1 aliphatic heterocycles. The number of fused-ring (bicyclic) bond motifs is 1. The second-order valence-corrected chi connectivity index (χ2v) is 8.13. The fourth-order valence-electron chi connectivity index (χ4n) is 4.22. The van der Waals surface area contributed by atoms with Gasteiger partial charge in [0.25, 0.3) is 0 Å². The predicted molar refractivity (Wildman–Crippen MR) is 111 cm³/mol. The van der Waals surface area contributed by atoms with Gasteiger partial charge in [0, 0.05) is 38.6 Å². The van der Waals surface area contributed by atoms with E-state index in [1.54, 1.807) is 0 Å². The number of carbonyl (C=O) groups excluding carboxylic acids is 1. The molecule has 3 rings (SSSR count). The van der Waals surface area contributed by atoms with Crippen molar-refractivity contribution in [1.29, 1.82) is 0 Å². The van der Waals surface area contributed by atoms with Crippen LogP contribution in [-0.2, 0) is 17.9 Å². The first kappa shape index (κ1) is 22.4. The van der Waals surface area contributed by atoms with Gasteiger partial charge >= 0.3 is 6.18 Å². The van der Waals surface area contributed by atoms with Gasteiger partial charge in [0.05, 0.1) is 5.92 Å². The Morgan fingerprint density at radius 1 is 1.20 bits per heavy atom. The highest BCUT2D eigenvalue weighted by atomic mass is 19.4. The minimum absolute atomic E-state index is 0.0852. The van der Waals surface area contributed by atoms with E-state index in [0.29, 0.717) is 57.8 Å². The average molecular weight is 425 g/mol. The first-order valence-corrected chi connectivity index (χ1v) is 10.8. The summed E-state index contributed by atoms with van der Waals surface area (Å²) in [7, 11) is 0. The fourth-order valence-corrected chi connectivity index (χ4v) is 4.22. The van der Waals surface area contributed by atoms with Gasteiger partial charge in [0.2, 0.25) is 5.91 Å². The largest absolute Gasteiger partial charge is 0.391 e. The van der Waals surface area contributed by atoms with E-state index in [-0.39, 0.29) is 24.8 Å². The molecule has 1 fully saturated rings. The van der Waals surface area contributed by atoms with E-state index in [9.17, 15) is 18.0 Å². The Hall–Kier alpha value is -2.25. The van der Waals surface area contributed by atoms with Gasteiger partial charge in [-0.2, -0.15) is 13.2 Å². The maximum absolute atomic E-state index is 13.0. The van der Waals surface area contributed by atoms with Gasteiger partial charge in [0.1, 0.15) is 0 Å². The molecular weight excluding hydrogens is 393 g/mol. The quantitative estimate of drug-likeness (QED) is 0.413. The Morgan fingerprint density at radius 3 is 2.53 bits per heavy atom. The zero-order valence-electron chi connectivity index (χ0n) is 17.5. The van der Waals surface area contributed by atoms with Crippen molar-refractivity contribution >= 4 is 11.9 Å². The molecule has 2 aliphatic rings. The van der Waals surface area contributed by atoms with Crippen LogP contribution in [0.4, 0.5) is 13.2 Å². The molecule has 1 saturated carbocycles. The van der Waals surface area contributed by atoms with Gasteiger partial charge in [-0.3, -0.25) is 9.79 Å². The third-order valence-electron chi connectivity index (χ3n) is 5.83. The van der Waals surface area contributed by atoms with E-state index in [1.165, 1.54) is 11.1 Å². The van der Waals surface area contributed by atoms with E-state index < -0.39 is 12.1 Å². The predicted octanol–water partition coefficient (Wildman–Crippen LogP) is 3.99. The third kappa shape index (κ3) is 6.12. The number of guanidine groups is 1. The Labute approximate surface area is 176 Å². The normalized spacial score (nSPS) is 22.0. The number of amides is 1. The lowest BCUT2D eigenvalue weighted by Gasteiger charge is -2.31. The number of carbonyl (C=O) groups is 1. The Kier molecular flexibility index (Phi) is 7.61. The number of halogens is 3. The number of nitrogens with one attached hydrogen (secondary N) is 2. The number of hydrogen-bond donors (Lipinski definition) is 2. The zero-order valence-corrected chi connectivity index (χ0v) is 17.5. The number of benzene rings is 1. The Morgan fingerprint density at radius 2 is 1.90 bits per heavy atom. The maximum atomic E-state index is 13.0. The van der Waals surface area contributed by atoms with Gasteiger partial charge in [-0.25, -0.2) is 0 Å². The average Bonchev–Trinajstić information content (AvgIpc) is 3.15. The zero-order chi connectivity index (χ0) is 21.6. The number of nitrogens with zero attached hydrogens (tertiary/aromatic N) is 2. The minimum Gasteiger partial charge on any atom is -0.357 e. The highest BCUT2D eigenvalue weighted by Gasteiger charge is 2.42. The summed E-state index contributed by atoms with van der Waals surface area (Å²) in [6, 6.07) is 7.85. The summed E-state index contributed by atoms with van der Waals surface area (Å²) in [6.45, 7) is 4.32. The molecule has 2 atom stereocenters. The second kappa shape index (κ2) is 10.2. The molecule has 1 aromatic carbocycles. The molecule has 0 bridgehead atoms. The molecular formula is C22H31F3N4O. The molecule has 0 radical (unpaired) electrons. The topological polar surface area (TPSA) is 56.7 Å². The summed E-state index contributed by atoms with van der Waals surface area (Å²) in [5, 5.41) is 6.26. The van der Waals surface area contributed by atoms with Crippen molar-refractivity contribution in [2.45, 2.75) is 70.8 Å². The van der Waals surface area contributed by atoms with Crippen LogP contribution in [0.2, 0.25) is 0 Å². The van der Waals surface area contributed by atoms with E-state index in [2.05, 4.69) is 27.8 Å². The van der Waals surface area contributed by atoms with Crippen LogP contribution in [-0.4, -0.2) is 42.1 Å². The lowest BCUT2D eigenvalue weighted by Crippen LogP contribution is -2.46. The van der Waals surface area contributed by atoms with Crippen LogP contribution in [0.1, 0.15) is 56.6 Å². The highest BCUT2D eigenvalue weighted by molar-refractivity contribution is 5.80. The van der Waals surface area contributed by atoms with Gasteiger partial charge in [0.15, 0.2) is 5.96 Å². The van der Waals surface area contributed by atoms with Crippen LogP contribution in [0.15, 0.2) is 29.3 Å². The summed E-state index contributed by atoms with van der Waals surface area (Å²) in [5.74, 6) is -0.597. The standard InChI is InChI=1S/C22H31F3N4O/c1-2-26-21(28-19-10-5-9-18(13-19)22(23,24)25)27-12-6-11-20(30)29-14-16-7-3-4-8-17(16)15-29/h3-4,7-8,18-19H,2,5-6,9-15H2,1H3,(H2,26,27,28). The molecule has 166 valence electrons. The summed E-state index contributed by atoms with van der Waals surface area (Å²) < 4.78 is 39.1. The molecule has 0 saturated heterocycles. The molecule has 1 aromatic rings. The SMILES string of the molecule is CCNC(=NCCCC(=O)N1Cc2ccccc2C1)NC1CCCC(C(F)(F)F)C1. The Bertz CT molecular complexity index is 725. The first-order chi connectivity index (χ1) is 14.4. The van der Waals surface area contributed by atoms with Crippen LogP contribution in [0.3, 0.4) is 0 Å². The fraction of sp³-hybridized carbons (Fsp3) is 0.636. The van der Waals surface area contributed by atoms with E-state index in [0.717, 1.165) is 0 Å². The van der Waals surface area contributed by atoms with Crippen LogP contribution in [0, 0.1) is 5.92 Å². The van der Waals surface area contributed by atoms with E-state index >= 15 is 0 Å². The first-order valence-electron chi connectivity index (χ1n) is 10.8. The van der Waals surface area contributed by atoms with E-state index in [1.807, 2.05) is 24.0 Å². The Balaban J connectivity index is 1.44. The van der Waals surface area contributed by atoms with Crippen molar-refractivity contribution in [3.63, 3.8) is 0 Å². The second-order valence-electron chi connectivity index (χ2n) is 8.13. The summed E-state index contributed by atoms with van der Waals surface area (Å²) >= 11 is 0. The van der Waals surface area contributed by atoms with Crippen LogP contribution in [0.5, 0.6) is 0 Å². The van der Waals surface area contributed by atoms with Crippen molar-refractivity contribution in [2.75, 3.05) is 13.1 Å². The van der Waals surface area contributed by atoms with Crippen molar-refractivity contribution in [3.8, 4) is 0 Å². The maximum Gasteiger partial charge on any atom is 0.391 e. The van der Waals surface area contributed by atoms with Crippen LogP contribution >= 0.6 is 0 Å². The van der Waals surface area contributed by atoms with Gasteiger partial charge in [-0.05, 0) is 43.7 Å². The van der Waals surface area contributed by atoms with Gasteiger partial charge in [-0.1, -0.05) is 30.7 Å². The number of hydrogen-bond acceptors (Lipinski definition) is 2. The minimum atomic E-state index is -4.13. The molecule has 1 amide bonds. The molecule has 30 heavy (non-hydrogen) atoms. The van der Waals surface area contributed by atoms with Crippen molar-refractivity contribution in [3.05, 3.63) is 35.4 Å². The number of alkyl halides is 3. The van der Waals surface area contributed by atoms with Gasteiger partial charge < -0.3 is 15.5 Å². The monoisotopic (exact) mass is 424 g/mol. The number of rotatable bonds is 6. The molecule has 1 aliphatic carbocycles. The van der Waals surface area contributed by atoms with Crippen molar-refractivity contribution in [2.24, 2.45) is 10.9 Å². The van der Waals surface area contributed by atoms with E-state index in [4.69, 9.17) is 0 Å². The molecule has 0 aromatic heterocycles. The smallest absolute Gasteiger partial charge is 0.357 e. The summed E-state index contributed by atoms with van der Waals surface area (Å²) in [6.07, 6.45) is -1.54. The summed E-state index contributed by atoms with van der Waals surface area (Å²) in [5.41, 5.74) is 2.40. The highest BCUT2D eigenvalue weighted by Crippen LogP contribution is 2.37. The van der Waals surface area contributed by atoms with Crippen LogP contribution in [0.25, 0.3) is 0 Å². The molecule has 0 spiro atoms. The lowest BCUT2D eigenvalue weighted by atomic mass is 9.85. The number of aliphatic imine (C=N–C) groups is 1. The molecule has 2 unspecified atom stereocenters. The molecule has 2 N–H and O–H groups in total. The lowest BCUT2D eigenvalue weighted by molar-refractivity contribution is -0.183. The molecule has 1 heterocycles. The molecule has 8 heteroatoms.